The summed E-state index contributed by atoms with van der Waals surface area (Å²) in [6.07, 6.45) is 0.475. The summed E-state index contributed by atoms with van der Waals surface area (Å²) in [6.45, 7) is 1.67. The lowest BCUT2D eigenvalue weighted by Crippen LogP contribution is -2.27. The van der Waals surface area contributed by atoms with E-state index in [9.17, 15) is 24.8 Å². The van der Waals surface area contributed by atoms with E-state index in [1.165, 1.54) is 16.2 Å². The molecule has 0 saturated carbocycles. The molecule has 2 aromatic heterocycles. The highest BCUT2D eigenvalue weighted by atomic mass is 16.4. The van der Waals surface area contributed by atoms with Gasteiger partial charge in [0.15, 0.2) is 5.78 Å². The summed E-state index contributed by atoms with van der Waals surface area (Å²) in [6, 6.07) is 12.1. The summed E-state index contributed by atoms with van der Waals surface area (Å²) in [5.74, 6) is -1.52. The number of hydrogen-bond donors (Lipinski definition) is 1. The maximum absolute atomic E-state index is 13.1. The van der Waals surface area contributed by atoms with Gasteiger partial charge in [0.2, 0.25) is 0 Å². The van der Waals surface area contributed by atoms with E-state index in [4.69, 9.17) is 0 Å². The number of carboxylic acids is 1. The summed E-state index contributed by atoms with van der Waals surface area (Å²) in [5.41, 5.74) is 0.486. The summed E-state index contributed by atoms with van der Waals surface area (Å²) >= 11 is 0. The molecule has 0 atom stereocenters. The fourth-order valence-corrected chi connectivity index (χ4v) is 3.27. The number of carbonyl (C=O) groups excluding carboxylic acids is 1. The highest BCUT2D eigenvalue weighted by Crippen LogP contribution is 2.23. The fraction of sp³-hybridized carbons (Fsp3) is 0.200. The number of Topliss-reactive ketones (excluding diaryl/α,β-unsaturated/α-hetero) is 1. The Labute approximate surface area is 154 Å². The molecule has 0 saturated heterocycles. The Morgan fingerprint density at radius 3 is 2.44 bits per heavy atom. The molecule has 0 unspecified atom stereocenters. The average Bonchev–Trinajstić information content (AvgIpc) is 2.96. The molecule has 0 aliphatic heterocycles. The molecule has 0 fully saturated rings. The largest absolute Gasteiger partial charge is 0.477 e. The van der Waals surface area contributed by atoms with Gasteiger partial charge in [0.25, 0.3) is 5.56 Å². The molecule has 2 heterocycles. The monoisotopic (exact) mass is 363 g/mol. The van der Waals surface area contributed by atoms with Crippen molar-refractivity contribution in [2.45, 2.75) is 19.9 Å². The van der Waals surface area contributed by atoms with Gasteiger partial charge in [0, 0.05) is 18.3 Å². The van der Waals surface area contributed by atoms with Crippen LogP contribution in [0.4, 0.5) is 0 Å². The van der Waals surface area contributed by atoms with Gasteiger partial charge in [-0.15, -0.1) is 0 Å². The molecule has 0 amide bonds. The lowest BCUT2D eigenvalue weighted by atomic mass is 10.1. The van der Waals surface area contributed by atoms with Crippen LogP contribution in [-0.2, 0) is 20.0 Å². The van der Waals surface area contributed by atoms with Gasteiger partial charge in [-0.1, -0.05) is 37.3 Å². The normalized spacial score (nSPS) is 10.7. The topological polar surface area (TPSA) is 105 Å². The van der Waals surface area contributed by atoms with Gasteiger partial charge in [-0.05, 0) is 12.5 Å². The minimum Gasteiger partial charge on any atom is -0.477 e. The predicted molar refractivity (Wildman–Crippen MR) is 99.0 cm³/mol. The van der Waals surface area contributed by atoms with Crippen LogP contribution in [0, 0.1) is 11.3 Å². The van der Waals surface area contributed by atoms with Crippen LogP contribution >= 0.6 is 0 Å². The first-order valence-electron chi connectivity index (χ1n) is 8.37. The number of rotatable bonds is 5. The number of pyridine rings is 1. The Kier molecular flexibility index (Phi) is 4.65. The van der Waals surface area contributed by atoms with E-state index in [0.29, 0.717) is 23.2 Å². The maximum Gasteiger partial charge on any atom is 0.353 e. The van der Waals surface area contributed by atoms with Crippen molar-refractivity contribution in [3.8, 4) is 6.07 Å². The van der Waals surface area contributed by atoms with Crippen LogP contribution in [-0.4, -0.2) is 26.0 Å². The first-order valence-corrected chi connectivity index (χ1v) is 8.37. The lowest BCUT2D eigenvalue weighted by Gasteiger charge is -2.12. The van der Waals surface area contributed by atoms with Crippen LogP contribution in [0.5, 0.6) is 0 Å². The second kappa shape index (κ2) is 6.92. The number of ketones is 1. The van der Waals surface area contributed by atoms with Gasteiger partial charge in [-0.25, -0.2) is 4.79 Å². The zero-order valence-corrected chi connectivity index (χ0v) is 14.9. The zero-order chi connectivity index (χ0) is 19.7. The van der Waals surface area contributed by atoms with Gasteiger partial charge in [-0.2, -0.15) is 5.26 Å². The number of aromatic nitrogens is 2. The molecule has 0 aliphatic rings. The third-order valence-electron chi connectivity index (χ3n) is 4.62. The Balaban J connectivity index is 2.27. The molecule has 1 aromatic carbocycles. The van der Waals surface area contributed by atoms with Crippen LogP contribution in [0.25, 0.3) is 10.9 Å². The first kappa shape index (κ1) is 18.1. The van der Waals surface area contributed by atoms with Gasteiger partial charge in [-0.3, -0.25) is 9.59 Å². The van der Waals surface area contributed by atoms with Crippen LogP contribution in [0.1, 0.15) is 39.0 Å². The summed E-state index contributed by atoms with van der Waals surface area (Å²) in [7, 11) is 1.50. The molecule has 0 radical (unpaired) electrons. The molecular formula is C20H17N3O4. The maximum atomic E-state index is 13.1. The van der Waals surface area contributed by atoms with Crippen LogP contribution < -0.4 is 5.56 Å². The van der Waals surface area contributed by atoms with Crippen LogP contribution in [0.15, 0.2) is 41.2 Å². The quantitative estimate of drug-likeness (QED) is 0.701. The molecular weight excluding hydrogens is 346 g/mol. The number of carbonyl (C=O) groups is 2. The number of hydrogen-bond acceptors (Lipinski definition) is 4. The number of aromatic carboxylic acids is 1. The molecule has 1 N–H and O–H groups in total. The van der Waals surface area contributed by atoms with E-state index in [1.54, 1.807) is 36.4 Å². The van der Waals surface area contributed by atoms with Crippen molar-refractivity contribution < 1.29 is 14.7 Å². The van der Waals surface area contributed by atoms with Crippen LogP contribution in [0.2, 0.25) is 0 Å². The van der Waals surface area contributed by atoms with E-state index in [-0.39, 0.29) is 29.0 Å². The molecule has 7 heteroatoms. The molecule has 3 aromatic rings. The lowest BCUT2D eigenvalue weighted by molar-refractivity contribution is 0.0686. The van der Waals surface area contributed by atoms with Crippen molar-refractivity contribution in [2.75, 3.05) is 0 Å². The fourth-order valence-electron chi connectivity index (χ4n) is 3.27. The van der Waals surface area contributed by atoms with E-state index < -0.39 is 11.5 Å². The Hall–Kier alpha value is -3.66. The second-order valence-electron chi connectivity index (χ2n) is 6.13. The van der Waals surface area contributed by atoms with E-state index >= 15 is 0 Å². The van der Waals surface area contributed by atoms with Crippen molar-refractivity contribution in [1.29, 1.82) is 5.26 Å². The third kappa shape index (κ3) is 2.91. The van der Waals surface area contributed by atoms with Crippen molar-refractivity contribution >= 4 is 22.7 Å². The standard InChI is InChI=1S/C20H17N3O4/c1-3-13-9-15-17(14(10-21)18(20(26)27)22(15)2)19(25)23(13)11-16(24)12-7-5-4-6-8-12/h4-9H,3,11H2,1-2H3,(H,26,27). The van der Waals surface area contributed by atoms with Gasteiger partial charge >= 0.3 is 5.97 Å². The van der Waals surface area contributed by atoms with Gasteiger partial charge in [0.05, 0.1) is 23.0 Å². The van der Waals surface area contributed by atoms with Crippen molar-refractivity contribution in [1.82, 2.24) is 9.13 Å². The molecule has 3 rings (SSSR count). The Morgan fingerprint density at radius 1 is 1.22 bits per heavy atom. The molecule has 27 heavy (non-hydrogen) atoms. The molecule has 0 aliphatic carbocycles. The number of aryl methyl sites for hydroxylation is 2. The van der Waals surface area contributed by atoms with Crippen molar-refractivity contribution in [3.05, 3.63) is 69.3 Å². The average molecular weight is 363 g/mol. The number of fused-ring (bicyclic) bond motifs is 1. The smallest absolute Gasteiger partial charge is 0.353 e. The highest BCUT2D eigenvalue weighted by molar-refractivity contribution is 6.00. The predicted octanol–water partition coefficient (Wildman–Crippen LogP) is 2.36. The second-order valence-corrected chi connectivity index (χ2v) is 6.13. The summed E-state index contributed by atoms with van der Waals surface area (Å²) < 4.78 is 2.66. The van der Waals surface area contributed by atoms with Gasteiger partial charge < -0.3 is 14.2 Å². The molecule has 7 nitrogen and oxygen atoms in total. The summed E-state index contributed by atoms with van der Waals surface area (Å²) in [4.78, 5) is 37.2. The van der Waals surface area contributed by atoms with E-state index in [2.05, 4.69) is 0 Å². The number of nitrogens with zero attached hydrogens (tertiary/aromatic N) is 3. The molecule has 0 bridgehead atoms. The Bertz CT molecular complexity index is 1160. The van der Waals surface area contributed by atoms with Gasteiger partial charge in [0.1, 0.15) is 11.8 Å². The zero-order valence-electron chi connectivity index (χ0n) is 14.9. The number of carboxylic acid groups (broad SMARTS) is 1. The number of benzene rings is 1. The summed E-state index contributed by atoms with van der Waals surface area (Å²) in [5, 5.41) is 18.9. The number of nitriles is 1. The molecule has 0 spiro atoms. The third-order valence-corrected chi connectivity index (χ3v) is 4.62. The van der Waals surface area contributed by atoms with E-state index in [1.807, 2.05) is 13.0 Å². The minimum absolute atomic E-state index is 0.0236. The van der Waals surface area contributed by atoms with E-state index in [0.717, 1.165) is 0 Å². The Morgan fingerprint density at radius 2 is 1.89 bits per heavy atom. The minimum atomic E-state index is -1.28. The highest BCUT2D eigenvalue weighted by Gasteiger charge is 2.25. The van der Waals surface area contributed by atoms with Crippen molar-refractivity contribution in [2.24, 2.45) is 7.05 Å². The molecule has 136 valence electrons. The SMILES string of the molecule is CCc1cc2c(c(C#N)c(C(=O)O)n2C)c(=O)n1CC(=O)c1ccccc1. The van der Waals surface area contributed by atoms with Crippen LogP contribution in [0.3, 0.4) is 0 Å². The van der Waals surface area contributed by atoms with Crippen molar-refractivity contribution in [3.63, 3.8) is 0 Å². The first-order chi connectivity index (χ1) is 12.9.